The fourth-order valence-corrected chi connectivity index (χ4v) is 1.54. The van der Waals surface area contributed by atoms with E-state index in [0.717, 1.165) is 13.2 Å². The molecule has 11 heavy (non-hydrogen) atoms. The van der Waals surface area contributed by atoms with Gasteiger partial charge in [-0.15, -0.1) is 0 Å². The number of hydrogen-bond acceptors (Lipinski definition) is 3. The van der Waals surface area contributed by atoms with Crippen LogP contribution < -0.4 is 5.32 Å². The molecule has 3 nitrogen and oxygen atoms in total. The minimum Gasteiger partial charge on any atom is -0.348 e. The Morgan fingerprint density at radius 3 is 2.55 bits per heavy atom. The highest BCUT2D eigenvalue weighted by Gasteiger charge is 2.39. The van der Waals surface area contributed by atoms with Crippen LogP contribution in [0.4, 0.5) is 0 Å². The van der Waals surface area contributed by atoms with Crippen molar-refractivity contribution in [3.05, 3.63) is 0 Å². The minimum absolute atomic E-state index is 0.277. The second kappa shape index (κ2) is 2.44. The Balaban J connectivity index is 1.88. The summed E-state index contributed by atoms with van der Waals surface area (Å²) in [6, 6.07) is 0.539. The zero-order valence-corrected chi connectivity index (χ0v) is 7.09. The maximum atomic E-state index is 5.67. The number of nitrogens with one attached hydrogen (secondary N) is 1. The predicted molar refractivity (Wildman–Crippen MR) is 41.3 cm³/mol. The lowest BCUT2D eigenvalue weighted by Gasteiger charge is -2.32. The van der Waals surface area contributed by atoms with Gasteiger partial charge in [-0.05, 0) is 26.8 Å². The van der Waals surface area contributed by atoms with Gasteiger partial charge in [0.25, 0.3) is 0 Å². The van der Waals surface area contributed by atoms with E-state index in [1.165, 1.54) is 6.42 Å². The van der Waals surface area contributed by atoms with E-state index < -0.39 is 0 Å². The zero-order valence-electron chi connectivity index (χ0n) is 7.09. The maximum Gasteiger partial charge on any atom is 0.163 e. The molecule has 0 amide bonds. The Kier molecular flexibility index (Phi) is 1.67. The topological polar surface area (TPSA) is 30.5 Å². The van der Waals surface area contributed by atoms with Gasteiger partial charge in [-0.25, -0.2) is 0 Å². The third-order valence-corrected chi connectivity index (χ3v) is 2.34. The lowest BCUT2D eigenvalue weighted by molar-refractivity contribution is -0.143. The molecule has 0 aromatic carbocycles. The van der Waals surface area contributed by atoms with Gasteiger partial charge >= 0.3 is 0 Å². The summed E-state index contributed by atoms with van der Waals surface area (Å²) < 4.78 is 11.1. The summed E-state index contributed by atoms with van der Waals surface area (Å²) in [5.74, 6) is -0.359. The molecule has 2 heterocycles. The van der Waals surface area contributed by atoms with E-state index in [1.54, 1.807) is 0 Å². The van der Waals surface area contributed by atoms with Gasteiger partial charge in [-0.3, -0.25) is 0 Å². The first-order valence-electron chi connectivity index (χ1n) is 4.22. The molecule has 2 fully saturated rings. The highest BCUT2D eigenvalue weighted by molar-refractivity contribution is 4.88. The Hall–Kier alpha value is -0.120. The molecule has 2 rings (SSSR count). The predicted octanol–water partition coefficient (Wildman–Crippen LogP) is 0.500. The molecule has 0 aromatic heterocycles. The fourth-order valence-electron chi connectivity index (χ4n) is 1.54. The first kappa shape index (κ1) is 7.53. The molecule has 0 saturated carbocycles. The molecule has 3 heteroatoms. The van der Waals surface area contributed by atoms with E-state index in [0.29, 0.717) is 6.04 Å². The van der Waals surface area contributed by atoms with Crippen molar-refractivity contribution in [1.29, 1.82) is 0 Å². The molecule has 2 unspecified atom stereocenters. The third kappa shape index (κ3) is 1.41. The van der Waals surface area contributed by atoms with Crippen LogP contribution in [0, 0.1) is 0 Å². The molecule has 0 aromatic rings. The zero-order chi connectivity index (χ0) is 7.90. The maximum absolute atomic E-state index is 5.67. The molecule has 0 bridgehead atoms. The van der Waals surface area contributed by atoms with Crippen molar-refractivity contribution in [3.8, 4) is 0 Å². The van der Waals surface area contributed by atoms with Crippen LogP contribution in [0.25, 0.3) is 0 Å². The van der Waals surface area contributed by atoms with E-state index in [2.05, 4.69) is 5.32 Å². The van der Waals surface area contributed by atoms with E-state index in [9.17, 15) is 0 Å². The second-order valence-corrected chi connectivity index (χ2v) is 3.72. The number of rotatable bonds is 1. The van der Waals surface area contributed by atoms with E-state index in [-0.39, 0.29) is 11.9 Å². The van der Waals surface area contributed by atoms with E-state index in [4.69, 9.17) is 9.47 Å². The van der Waals surface area contributed by atoms with Gasteiger partial charge in [0.15, 0.2) is 5.79 Å². The summed E-state index contributed by atoms with van der Waals surface area (Å²) in [5, 5.41) is 3.32. The lowest BCUT2D eigenvalue weighted by Crippen LogP contribution is -2.52. The van der Waals surface area contributed by atoms with Crippen molar-refractivity contribution in [2.75, 3.05) is 13.2 Å². The van der Waals surface area contributed by atoms with Gasteiger partial charge in [0, 0.05) is 6.04 Å². The van der Waals surface area contributed by atoms with Gasteiger partial charge in [0.2, 0.25) is 0 Å². The highest BCUT2D eigenvalue weighted by Crippen LogP contribution is 2.26. The second-order valence-electron chi connectivity index (χ2n) is 3.72. The Labute approximate surface area is 67.1 Å². The standard InChI is InChI=1S/C8H15NO2/c1-8(2)10-5-7(11-8)6-3-4-9-6/h6-7,9H,3-5H2,1-2H3. The van der Waals surface area contributed by atoms with Crippen molar-refractivity contribution in [2.24, 2.45) is 0 Å². The quantitative estimate of drug-likeness (QED) is 0.601. The molecule has 0 spiro atoms. The first-order valence-corrected chi connectivity index (χ1v) is 4.22. The van der Waals surface area contributed by atoms with Crippen molar-refractivity contribution in [2.45, 2.75) is 38.2 Å². The average molecular weight is 157 g/mol. The summed E-state index contributed by atoms with van der Waals surface area (Å²) in [5.41, 5.74) is 0. The van der Waals surface area contributed by atoms with Gasteiger partial charge in [0.05, 0.1) is 12.7 Å². The summed E-state index contributed by atoms with van der Waals surface area (Å²) in [7, 11) is 0. The minimum atomic E-state index is -0.359. The molecule has 0 aliphatic carbocycles. The monoisotopic (exact) mass is 157 g/mol. The van der Waals surface area contributed by atoms with Crippen LogP contribution in [0.2, 0.25) is 0 Å². The summed E-state index contributed by atoms with van der Waals surface area (Å²) in [4.78, 5) is 0. The molecule has 2 aliphatic rings. The number of hydrogen-bond donors (Lipinski definition) is 1. The van der Waals surface area contributed by atoms with Crippen LogP contribution in [-0.4, -0.2) is 31.1 Å². The van der Waals surface area contributed by atoms with Crippen LogP contribution in [0.3, 0.4) is 0 Å². The average Bonchev–Trinajstić information content (AvgIpc) is 2.05. The first-order chi connectivity index (χ1) is 5.17. The van der Waals surface area contributed by atoms with Crippen molar-refractivity contribution < 1.29 is 9.47 Å². The molecule has 64 valence electrons. The fraction of sp³-hybridized carbons (Fsp3) is 1.00. The molecule has 2 saturated heterocycles. The van der Waals surface area contributed by atoms with Crippen LogP contribution in [-0.2, 0) is 9.47 Å². The van der Waals surface area contributed by atoms with Gasteiger partial charge in [-0.2, -0.15) is 0 Å². The van der Waals surface area contributed by atoms with Gasteiger partial charge in [0.1, 0.15) is 0 Å². The van der Waals surface area contributed by atoms with E-state index in [1.807, 2.05) is 13.8 Å². The smallest absolute Gasteiger partial charge is 0.163 e. The Morgan fingerprint density at radius 1 is 1.45 bits per heavy atom. The molecular weight excluding hydrogens is 142 g/mol. The van der Waals surface area contributed by atoms with Crippen LogP contribution >= 0.6 is 0 Å². The summed E-state index contributed by atoms with van der Waals surface area (Å²) in [6.45, 7) is 5.80. The van der Waals surface area contributed by atoms with Crippen molar-refractivity contribution >= 4 is 0 Å². The third-order valence-electron chi connectivity index (χ3n) is 2.34. The normalized spacial score (nSPS) is 42.0. The van der Waals surface area contributed by atoms with Crippen LogP contribution in [0.15, 0.2) is 0 Å². The van der Waals surface area contributed by atoms with E-state index >= 15 is 0 Å². The molecular formula is C8H15NO2. The van der Waals surface area contributed by atoms with Crippen LogP contribution in [0.5, 0.6) is 0 Å². The lowest BCUT2D eigenvalue weighted by atomic mass is 10.0. The molecule has 2 aliphatic heterocycles. The largest absolute Gasteiger partial charge is 0.348 e. The Morgan fingerprint density at radius 2 is 2.18 bits per heavy atom. The molecule has 1 N–H and O–H groups in total. The number of ether oxygens (including phenoxy) is 2. The molecule has 2 atom stereocenters. The van der Waals surface area contributed by atoms with Crippen LogP contribution in [0.1, 0.15) is 20.3 Å². The Bertz CT molecular complexity index is 154. The van der Waals surface area contributed by atoms with Gasteiger partial charge < -0.3 is 14.8 Å². The summed E-state index contributed by atoms with van der Waals surface area (Å²) >= 11 is 0. The summed E-state index contributed by atoms with van der Waals surface area (Å²) in [6.07, 6.45) is 1.50. The van der Waals surface area contributed by atoms with Crippen molar-refractivity contribution in [3.63, 3.8) is 0 Å². The SMILES string of the molecule is CC1(C)OCC(C2CCN2)O1. The molecule has 0 radical (unpaired) electrons. The highest BCUT2D eigenvalue weighted by atomic mass is 16.7. The van der Waals surface area contributed by atoms with Gasteiger partial charge in [-0.1, -0.05) is 0 Å². The van der Waals surface area contributed by atoms with Crippen molar-refractivity contribution in [1.82, 2.24) is 5.32 Å².